The molecule has 0 aliphatic carbocycles. The Kier molecular flexibility index (Phi) is 4.93. The van der Waals surface area contributed by atoms with Gasteiger partial charge in [0, 0.05) is 15.6 Å². The summed E-state index contributed by atoms with van der Waals surface area (Å²) >= 11 is 11.7. The highest BCUT2D eigenvalue weighted by molar-refractivity contribution is 6.34. The van der Waals surface area contributed by atoms with E-state index in [1.807, 2.05) is 0 Å². The predicted molar refractivity (Wildman–Crippen MR) is 96.4 cm³/mol. The number of alkyl halides is 3. The van der Waals surface area contributed by atoms with Crippen molar-refractivity contribution in [3.05, 3.63) is 74.8 Å². The third kappa shape index (κ3) is 3.36. The minimum absolute atomic E-state index is 0.0283. The van der Waals surface area contributed by atoms with E-state index >= 15 is 0 Å². The third-order valence-electron chi connectivity index (χ3n) is 4.30. The number of esters is 1. The van der Waals surface area contributed by atoms with Crippen LogP contribution in [-0.4, -0.2) is 23.2 Å². The fourth-order valence-corrected chi connectivity index (χ4v) is 3.51. The van der Waals surface area contributed by atoms with Crippen molar-refractivity contribution >= 4 is 40.7 Å². The molecule has 1 heterocycles. The Bertz CT molecular complexity index is 1010. The molecular weight excluding hydrogens is 420 g/mol. The molecule has 0 spiro atoms. The van der Waals surface area contributed by atoms with Crippen LogP contribution in [0, 0.1) is 6.92 Å². The van der Waals surface area contributed by atoms with Gasteiger partial charge in [-0.15, -0.1) is 0 Å². The van der Waals surface area contributed by atoms with E-state index in [1.54, 1.807) is 0 Å². The van der Waals surface area contributed by atoms with Crippen LogP contribution in [0.5, 0.6) is 0 Å². The standard InChI is InChI=1S/C19H11Cl2F3O4/c1-9-4-10(2-3-14(9)16(25)26)15-8-18(19(22,23)24,28-17(15)27)11-5-12(20)7-13(21)6-11/h2-8H,1H3,(H,25,26). The first-order valence-corrected chi connectivity index (χ1v) is 8.54. The van der Waals surface area contributed by atoms with Crippen LogP contribution < -0.4 is 0 Å². The fourth-order valence-electron chi connectivity index (χ4n) is 2.98. The molecule has 1 aliphatic rings. The van der Waals surface area contributed by atoms with Gasteiger partial charge in [-0.2, -0.15) is 13.2 Å². The molecule has 0 radical (unpaired) electrons. The maximum Gasteiger partial charge on any atom is 0.436 e. The number of carbonyl (C=O) groups is 2. The Morgan fingerprint density at radius 2 is 1.71 bits per heavy atom. The summed E-state index contributed by atoms with van der Waals surface area (Å²) in [6.45, 7) is 1.47. The summed E-state index contributed by atoms with van der Waals surface area (Å²) in [6.07, 6.45) is -4.33. The number of aryl methyl sites for hydroxylation is 1. The Morgan fingerprint density at radius 1 is 1.11 bits per heavy atom. The molecule has 0 aromatic heterocycles. The normalized spacial score (nSPS) is 19.4. The molecule has 0 amide bonds. The molecule has 4 nitrogen and oxygen atoms in total. The minimum atomic E-state index is -4.99. The summed E-state index contributed by atoms with van der Waals surface area (Å²) in [4.78, 5) is 23.5. The van der Waals surface area contributed by atoms with E-state index in [2.05, 4.69) is 0 Å². The summed E-state index contributed by atoms with van der Waals surface area (Å²) in [5.74, 6) is -2.39. The molecule has 28 heavy (non-hydrogen) atoms. The van der Waals surface area contributed by atoms with E-state index in [9.17, 15) is 22.8 Å². The van der Waals surface area contributed by atoms with Crippen LogP contribution in [-0.2, 0) is 15.1 Å². The summed E-state index contributed by atoms with van der Waals surface area (Å²) in [7, 11) is 0. The second-order valence-electron chi connectivity index (χ2n) is 6.17. The van der Waals surface area contributed by atoms with E-state index in [4.69, 9.17) is 33.0 Å². The zero-order chi connectivity index (χ0) is 20.9. The first kappa shape index (κ1) is 20.2. The topological polar surface area (TPSA) is 63.6 Å². The number of carbonyl (C=O) groups excluding carboxylic acids is 1. The summed E-state index contributed by atoms with van der Waals surface area (Å²) in [5.41, 5.74) is -3.48. The molecule has 146 valence electrons. The molecule has 1 aliphatic heterocycles. The van der Waals surface area contributed by atoms with Crippen LogP contribution in [0.3, 0.4) is 0 Å². The van der Waals surface area contributed by atoms with Crippen molar-refractivity contribution in [2.75, 3.05) is 0 Å². The van der Waals surface area contributed by atoms with Crippen LogP contribution in [0.15, 0.2) is 42.5 Å². The Balaban J connectivity index is 2.20. The number of aromatic carboxylic acids is 1. The summed E-state index contributed by atoms with van der Waals surface area (Å²) in [6, 6.07) is 7.07. The Hall–Kier alpha value is -2.51. The van der Waals surface area contributed by atoms with Gasteiger partial charge in [0.15, 0.2) is 0 Å². The number of carboxylic acid groups (broad SMARTS) is 1. The molecule has 0 saturated heterocycles. The highest BCUT2D eigenvalue weighted by atomic mass is 35.5. The Labute approximate surface area is 167 Å². The molecule has 2 aromatic carbocycles. The quantitative estimate of drug-likeness (QED) is 0.662. The van der Waals surface area contributed by atoms with E-state index in [0.717, 1.165) is 12.1 Å². The number of rotatable bonds is 3. The second kappa shape index (κ2) is 6.83. The molecule has 0 bridgehead atoms. The molecular formula is C19H11Cl2F3O4. The monoisotopic (exact) mass is 430 g/mol. The average molecular weight is 431 g/mol. The summed E-state index contributed by atoms with van der Waals surface area (Å²) in [5, 5.41) is 8.98. The number of cyclic esters (lactones) is 1. The van der Waals surface area contributed by atoms with Gasteiger partial charge in [-0.1, -0.05) is 35.3 Å². The van der Waals surface area contributed by atoms with Crippen LogP contribution in [0.25, 0.3) is 5.57 Å². The lowest BCUT2D eigenvalue weighted by molar-refractivity contribution is -0.250. The van der Waals surface area contributed by atoms with Gasteiger partial charge in [0.2, 0.25) is 0 Å². The number of benzene rings is 2. The van der Waals surface area contributed by atoms with Crippen LogP contribution in [0.4, 0.5) is 13.2 Å². The van der Waals surface area contributed by atoms with Gasteiger partial charge in [0.05, 0.1) is 11.1 Å². The number of ether oxygens (including phenoxy) is 1. The van der Waals surface area contributed by atoms with Gasteiger partial charge in [0.1, 0.15) is 0 Å². The lowest BCUT2D eigenvalue weighted by Gasteiger charge is -2.29. The molecule has 1 unspecified atom stereocenters. The first-order valence-electron chi connectivity index (χ1n) is 7.78. The smallest absolute Gasteiger partial charge is 0.436 e. The van der Waals surface area contributed by atoms with Crippen molar-refractivity contribution in [3.8, 4) is 0 Å². The van der Waals surface area contributed by atoms with Gasteiger partial charge in [-0.25, -0.2) is 9.59 Å². The molecule has 3 rings (SSSR count). The fraction of sp³-hybridized carbons (Fsp3) is 0.158. The van der Waals surface area contributed by atoms with Gasteiger partial charge >= 0.3 is 18.1 Å². The molecule has 1 atom stereocenters. The van der Waals surface area contributed by atoms with E-state index in [0.29, 0.717) is 6.08 Å². The van der Waals surface area contributed by atoms with Crippen molar-refractivity contribution in [1.29, 1.82) is 0 Å². The second-order valence-corrected chi connectivity index (χ2v) is 7.05. The lowest BCUT2D eigenvalue weighted by atomic mass is 9.90. The summed E-state index contributed by atoms with van der Waals surface area (Å²) < 4.78 is 46.8. The van der Waals surface area contributed by atoms with Crippen molar-refractivity contribution in [1.82, 2.24) is 0 Å². The van der Waals surface area contributed by atoms with Gasteiger partial charge < -0.3 is 9.84 Å². The highest BCUT2D eigenvalue weighted by Crippen LogP contribution is 2.50. The molecule has 9 heteroatoms. The first-order chi connectivity index (χ1) is 12.9. The van der Waals surface area contributed by atoms with Crippen molar-refractivity contribution in [2.24, 2.45) is 0 Å². The largest absolute Gasteiger partial charge is 0.478 e. The maximum absolute atomic E-state index is 14.0. The van der Waals surface area contributed by atoms with E-state index < -0.39 is 29.3 Å². The number of hydrogen-bond donors (Lipinski definition) is 1. The molecule has 2 aromatic rings. The van der Waals surface area contributed by atoms with Gasteiger partial charge in [0.25, 0.3) is 5.60 Å². The number of halogens is 5. The van der Waals surface area contributed by atoms with E-state index in [1.165, 1.54) is 31.2 Å². The molecule has 0 fully saturated rings. The van der Waals surface area contributed by atoms with E-state index in [-0.39, 0.29) is 32.3 Å². The van der Waals surface area contributed by atoms with Crippen molar-refractivity contribution in [3.63, 3.8) is 0 Å². The van der Waals surface area contributed by atoms with Crippen LogP contribution in [0.1, 0.15) is 27.0 Å². The van der Waals surface area contributed by atoms with Gasteiger partial charge in [-0.3, -0.25) is 0 Å². The maximum atomic E-state index is 14.0. The Morgan fingerprint density at radius 3 is 2.21 bits per heavy atom. The van der Waals surface area contributed by atoms with Gasteiger partial charge in [-0.05, 0) is 48.4 Å². The number of hydrogen-bond acceptors (Lipinski definition) is 3. The SMILES string of the molecule is Cc1cc(C2=CC(c3cc(Cl)cc(Cl)c3)(C(F)(F)F)OC2=O)ccc1C(=O)O. The zero-order valence-electron chi connectivity index (χ0n) is 14.1. The average Bonchev–Trinajstić information content (AvgIpc) is 2.92. The molecule has 1 N–H and O–H groups in total. The lowest BCUT2D eigenvalue weighted by Crippen LogP contribution is -2.41. The third-order valence-corrected chi connectivity index (χ3v) is 4.74. The van der Waals surface area contributed by atoms with Crippen molar-refractivity contribution in [2.45, 2.75) is 18.7 Å². The van der Waals surface area contributed by atoms with Crippen LogP contribution >= 0.6 is 23.2 Å². The van der Waals surface area contributed by atoms with Crippen molar-refractivity contribution < 1.29 is 32.6 Å². The van der Waals surface area contributed by atoms with Crippen LogP contribution in [0.2, 0.25) is 10.0 Å². The molecule has 0 saturated carbocycles. The number of carboxylic acids is 1. The minimum Gasteiger partial charge on any atom is -0.478 e. The highest BCUT2D eigenvalue weighted by Gasteiger charge is 2.61. The zero-order valence-corrected chi connectivity index (χ0v) is 15.6. The predicted octanol–water partition coefficient (Wildman–Crippen LogP) is 5.40.